The SMILES string of the molecule is CCOc1c(Br)cc(CC2(C)CCCN2)cc1Br. The van der Waals surface area contributed by atoms with Gasteiger partial charge >= 0.3 is 0 Å². The number of ether oxygens (including phenoxy) is 1. The fraction of sp³-hybridized carbons (Fsp3) is 0.571. The highest BCUT2D eigenvalue weighted by atomic mass is 79.9. The molecule has 1 aliphatic heterocycles. The lowest BCUT2D eigenvalue weighted by Crippen LogP contribution is -2.38. The molecule has 1 aromatic rings. The molecule has 0 radical (unpaired) electrons. The van der Waals surface area contributed by atoms with Crippen LogP contribution in [0.15, 0.2) is 21.1 Å². The van der Waals surface area contributed by atoms with E-state index >= 15 is 0 Å². The molecule has 100 valence electrons. The molecule has 2 nitrogen and oxygen atoms in total. The average molecular weight is 377 g/mol. The van der Waals surface area contributed by atoms with Crippen LogP contribution in [0.25, 0.3) is 0 Å². The summed E-state index contributed by atoms with van der Waals surface area (Å²) in [6, 6.07) is 4.34. The van der Waals surface area contributed by atoms with Crippen LogP contribution in [0.4, 0.5) is 0 Å². The molecule has 0 bridgehead atoms. The zero-order valence-corrected chi connectivity index (χ0v) is 14.0. The monoisotopic (exact) mass is 375 g/mol. The first kappa shape index (κ1) is 14.4. The largest absolute Gasteiger partial charge is 0.492 e. The third-order valence-electron chi connectivity index (χ3n) is 3.40. The van der Waals surface area contributed by atoms with E-state index in [2.05, 4.69) is 56.2 Å². The first-order valence-corrected chi connectivity index (χ1v) is 7.98. The lowest BCUT2D eigenvalue weighted by atomic mass is 9.91. The maximum Gasteiger partial charge on any atom is 0.147 e. The molecule has 0 saturated carbocycles. The van der Waals surface area contributed by atoms with Crippen LogP contribution in [-0.4, -0.2) is 18.7 Å². The maximum atomic E-state index is 5.61. The summed E-state index contributed by atoms with van der Waals surface area (Å²) in [6.07, 6.45) is 3.57. The van der Waals surface area contributed by atoms with Gasteiger partial charge in [0, 0.05) is 5.54 Å². The Morgan fingerprint density at radius 1 is 1.33 bits per heavy atom. The van der Waals surface area contributed by atoms with Crippen molar-refractivity contribution in [2.45, 2.75) is 38.6 Å². The van der Waals surface area contributed by atoms with Crippen molar-refractivity contribution in [1.82, 2.24) is 5.32 Å². The minimum atomic E-state index is 0.242. The average Bonchev–Trinajstić information content (AvgIpc) is 2.70. The number of halogens is 2. The third kappa shape index (κ3) is 3.28. The molecule has 0 spiro atoms. The van der Waals surface area contributed by atoms with Gasteiger partial charge in [0.15, 0.2) is 0 Å². The second kappa shape index (κ2) is 5.93. The number of rotatable bonds is 4. The van der Waals surface area contributed by atoms with Crippen molar-refractivity contribution in [1.29, 1.82) is 0 Å². The van der Waals surface area contributed by atoms with Gasteiger partial charge in [0.1, 0.15) is 5.75 Å². The lowest BCUT2D eigenvalue weighted by molar-refractivity contribution is 0.335. The zero-order valence-electron chi connectivity index (χ0n) is 10.9. The van der Waals surface area contributed by atoms with Gasteiger partial charge in [0.05, 0.1) is 15.6 Å². The van der Waals surface area contributed by atoms with Gasteiger partial charge < -0.3 is 10.1 Å². The normalized spacial score (nSPS) is 23.3. The molecule has 1 saturated heterocycles. The van der Waals surface area contributed by atoms with E-state index in [0.717, 1.165) is 27.7 Å². The standard InChI is InChI=1S/C14H19Br2NO/c1-3-18-13-11(15)7-10(8-12(13)16)9-14(2)5-4-6-17-14/h7-8,17H,3-6,9H2,1-2H3. The van der Waals surface area contributed by atoms with Crippen LogP contribution in [0.5, 0.6) is 5.75 Å². The van der Waals surface area contributed by atoms with E-state index in [0.29, 0.717) is 6.61 Å². The van der Waals surface area contributed by atoms with Crippen LogP contribution in [0.3, 0.4) is 0 Å². The fourth-order valence-corrected chi connectivity index (χ4v) is 4.07. The fourth-order valence-electron chi connectivity index (χ4n) is 2.56. The molecule has 4 heteroatoms. The molecule has 1 N–H and O–H groups in total. The molecule has 1 fully saturated rings. The van der Waals surface area contributed by atoms with Crippen molar-refractivity contribution in [3.8, 4) is 5.75 Å². The summed E-state index contributed by atoms with van der Waals surface area (Å²) in [5, 5.41) is 3.60. The first-order valence-electron chi connectivity index (χ1n) is 6.40. The Kier molecular flexibility index (Phi) is 4.73. The van der Waals surface area contributed by atoms with E-state index in [9.17, 15) is 0 Å². The first-order chi connectivity index (χ1) is 8.54. The Labute approximate surface area is 126 Å². The summed E-state index contributed by atoms with van der Waals surface area (Å²) in [4.78, 5) is 0. The van der Waals surface area contributed by atoms with Gasteiger partial charge in [0.2, 0.25) is 0 Å². The Balaban J connectivity index is 2.19. The quantitative estimate of drug-likeness (QED) is 0.845. The second-order valence-electron chi connectivity index (χ2n) is 5.09. The summed E-state index contributed by atoms with van der Waals surface area (Å²) < 4.78 is 7.66. The van der Waals surface area contributed by atoms with E-state index in [1.54, 1.807) is 0 Å². The molecule has 0 amide bonds. The van der Waals surface area contributed by atoms with Crippen molar-refractivity contribution in [2.24, 2.45) is 0 Å². The Hall–Kier alpha value is -0.0600. The summed E-state index contributed by atoms with van der Waals surface area (Å²) in [5.74, 6) is 0.894. The smallest absolute Gasteiger partial charge is 0.147 e. The minimum Gasteiger partial charge on any atom is -0.492 e. The van der Waals surface area contributed by atoms with Gasteiger partial charge in [-0.05, 0) is 89.2 Å². The van der Waals surface area contributed by atoms with Crippen molar-refractivity contribution >= 4 is 31.9 Å². The van der Waals surface area contributed by atoms with Crippen molar-refractivity contribution in [3.05, 3.63) is 26.6 Å². The van der Waals surface area contributed by atoms with E-state index < -0.39 is 0 Å². The van der Waals surface area contributed by atoms with Gasteiger partial charge in [0.25, 0.3) is 0 Å². The highest BCUT2D eigenvalue weighted by Crippen LogP contribution is 2.36. The van der Waals surface area contributed by atoms with E-state index in [1.807, 2.05) is 6.92 Å². The van der Waals surface area contributed by atoms with Gasteiger partial charge in [-0.25, -0.2) is 0 Å². The van der Waals surface area contributed by atoms with Crippen LogP contribution < -0.4 is 10.1 Å². The minimum absolute atomic E-state index is 0.242. The van der Waals surface area contributed by atoms with E-state index in [1.165, 1.54) is 18.4 Å². The summed E-state index contributed by atoms with van der Waals surface area (Å²) in [7, 11) is 0. The summed E-state index contributed by atoms with van der Waals surface area (Å²) in [6.45, 7) is 6.11. The highest BCUT2D eigenvalue weighted by molar-refractivity contribution is 9.11. The van der Waals surface area contributed by atoms with E-state index in [-0.39, 0.29) is 5.54 Å². The van der Waals surface area contributed by atoms with Crippen LogP contribution in [0.1, 0.15) is 32.3 Å². The molecule has 2 rings (SSSR count). The number of hydrogen-bond donors (Lipinski definition) is 1. The molecule has 1 aromatic carbocycles. The molecular formula is C14H19Br2NO. The van der Waals surface area contributed by atoms with E-state index in [4.69, 9.17) is 4.74 Å². The zero-order chi connectivity index (χ0) is 13.2. The van der Waals surface area contributed by atoms with Gasteiger partial charge in [-0.3, -0.25) is 0 Å². The predicted molar refractivity (Wildman–Crippen MR) is 82.4 cm³/mol. The lowest BCUT2D eigenvalue weighted by Gasteiger charge is -2.25. The van der Waals surface area contributed by atoms with Crippen LogP contribution in [0.2, 0.25) is 0 Å². The topological polar surface area (TPSA) is 21.3 Å². The maximum absolute atomic E-state index is 5.61. The number of benzene rings is 1. The van der Waals surface area contributed by atoms with Crippen LogP contribution in [-0.2, 0) is 6.42 Å². The molecular weight excluding hydrogens is 358 g/mol. The molecule has 18 heavy (non-hydrogen) atoms. The number of nitrogens with one attached hydrogen (secondary N) is 1. The molecule has 1 unspecified atom stereocenters. The van der Waals surface area contributed by atoms with Crippen LogP contribution >= 0.6 is 31.9 Å². The Morgan fingerprint density at radius 2 is 2.00 bits per heavy atom. The number of hydrogen-bond acceptors (Lipinski definition) is 2. The van der Waals surface area contributed by atoms with Gasteiger partial charge in [-0.1, -0.05) is 0 Å². The summed E-state index contributed by atoms with van der Waals surface area (Å²) >= 11 is 7.18. The van der Waals surface area contributed by atoms with Crippen LogP contribution in [0, 0.1) is 0 Å². The highest BCUT2D eigenvalue weighted by Gasteiger charge is 2.28. The second-order valence-corrected chi connectivity index (χ2v) is 6.80. The van der Waals surface area contributed by atoms with Gasteiger partial charge in [-0.15, -0.1) is 0 Å². The van der Waals surface area contributed by atoms with Crippen molar-refractivity contribution < 1.29 is 4.74 Å². The van der Waals surface area contributed by atoms with Crippen molar-refractivity contribution in [3.63, 3.8) is 0 Å². The third-order valence-corrected chi connectivity index (χ3v) is 4.58. The molecule has 1 heterocycles. The Morgan fingerprint density at radius 3 is 2.50 bits per heavy atom. The molecule has 1 aliphatic rings. The Bertz CT molecular complexity index is 405. The predicted octanol–water partition coefficient (Wildman–Crippen LogP) is 4.29. The molecule has 0 aromatic heterocycles. The molecule has 1 atom stereocenters. The summed E-state index contributed by atoms with van der Waals surface area (Å²) in [5.41, 5.74) is 1.57. The van der Waals surface area contributed by atoms with Gasteiger partial charge in [-0.2, -0.15) is 0 Å². The van der Waals surface area contributed by atoms with Crippen molar-refractivity contribution in [2.75, 3.05) is 13.2 Å². The molecule has 0 aliphatic carbocycles.